The normalized spacial score (nSPS) is 24.9. The van der Waals surface area contributed by atoms with Crippen LogP contribution in [0.1, 0.15) is 46.5 Å². The molecule has 0 radical (unpaired) electrons. The second-order valence-electron chi connectivity index (χ2n) is 5.58. The SMILES string of the molecule is CCC1CN(C)CCCN1CC(O)(CC)CC. The van der Waals surface area contributed by atoms with Gasteiger partial charge in [-0.25, -0.2) is 0 Å². The summed E-state index contributed by atoms with van der Waals surface area (Å²) in [6.45, 7) is 10.7. The van der Waals surface area contributed by atoms with Gasteiger partial charge in [-0.2, -0.15) is 0 Å². The van der Waals surface area contributed by atoms with Gasteiger partial charge in [0.05, 0.1) is 5.60 Å². The molecule has 1 aliphatic rings. The van der Waals surface area contributed by atoms with E-state index in [9.17, 15) is 5.11 Å². The van der Waals surface area contributed by atoms with Gasteiger partial charge in [0.25, 0.3) is 0 Å². The molecule has 1 saturated heterocycles. The average molecular weight is 242 g/mol. The Balaban J connectivity index is 2.65. The van der Waals surface area contributed by atoms with Crippen LogP contribution in [0.3, 0.4) is 0 Å². The molecule has 1 N–H and O–H groups in total. The standard InChI is InChI=1S/C14H30N2O/c1-5-13-11-15(4)9-8-10-16(13)12-14(17,6-2)7-3/h13,17H,5-12H2,1-4H3. The summed E-state index contributed by atoms with van der Waals surface area (Å²) in [5.41, 5.74) is -0.490. The first kappa shape index (κ1) is 14.9. The van der Waals surface area contributed by atoms with E-state index in [0.29, 0.717) is 6.04 Å². The Hall–Kier alpha value is -0.120. The molecule has 0 aromatic rings. The van der Waals surface area contributed by atoms with Crippen molar-refractivity contribution in [1.29, 1.82) is 0 Å². The summed E-state index contributed by atoms with van der Waals surface area (Å²) < 4.78 is 0. The van der Waals surface area contributed by atoms with Gasteiger partial charge in [0, 0.05) is 19.1 Å². The maximum Gasteiger partial charge on any atom is 0.0769 e. The number of hydrogen-bond donors (Lipinski definition) is 1. The van der Waals surface area contributed by atoms with Crippen LogP contribution in [0.25, 0.3) is 0 Å². The maximum atomic E-state index is 10.5. The first-order valence-electron chi connectivity index (χ1n) is 7.19. The van der Waals surface area contributed by atoms with Crippen LogP contribution < -0.4 is 0 Å². The third kappa shape index (κ3) is 4.23. The van der Waals surface area contributed by atoms with E-state index in [4.69, 9.17) is 0 Å². The Morgan fingerprint density at radius 1 is 1.18 bits per heavy atom. The molecule has 1 atom stereocenters. The molecule has 0 amide bonds. The van der Waals surface area contributed by atoms with Crippen molar-refractivity contribution in [2.45, 2.75) is 58.1 Å². The van der Waals surface area contributed by atoms with Crippen molar-refractivity contribution in [1.82, 2.24) is 9.80 Å². The second kappa shape index (κ2) is 6.72. The Kier molecular flexibility index (Phi) is 5.90. The molecule has 1 unspecified atom stereocenters. The van der Waals surface area contributed by atoms with Crippen molar-refractivity contribution in [3.05, 3.63) is 0 Å². The van der Waals surface area contributed by atoms with Gasteiger partial charge in [-0.15, -0.1) is 0 Å². The van der Waals surface area contributed by atoms with Gasteiger partial charge in [-0.3, -0.25) is 4.90 Å². The van der Waals surface area contributed by atoms with Gasteiger partial charge in [0.1, 0.15) is 0 Å². The third-order valence-electron chi connectivity index (χ3n) is 4.31. The Morgan fingerprint density at radius 2 is 1.82 bits per heavy atom. The first-order chi connectivity index (χ1) is 8.04. The number of nitrogens with zero attached hydrogens (tertiary/aromatic N) is 2. The average Bonchev–Trinajstić information content (AvgIpc) is 2.51. The molecular weight excluding hydrogens is 212 g/mol. The molecule has 0 aromatic heterocycles. The fourth-order valence-corrected chi connectivity index (χ4v) is 2.74. The Bertz CT molecular complexity index is 216. The first-order valence-corrected chi connectivity index (χ1v) is 7.19. The van der Waals surface area contributed by atoms with Crippen LogP contribution in [0, 0.1) is 0 Å². The van der Waals surface area contributed by atoms with E-state index in [1.807, 2.05) is 0 Å². The lowest BCUT2D eigenvalue weighted by atomic mass is 9.95. The van der Waals surface area contributed by atoms with Crippen LogP contribution in [0.15, 0.2) is 0 Å². The zero-order chi connectivity index (χ0) is 12.9. The predicted octanol–water partition coefficient (Wildman–Crippen LogP) is 1.95. The summed E-state index contributed by atoms with van der Waals surface area (Å²) in [6, 6.07) is 0.604. The van der Waals surface area contributed by atoms with E-state index in [0.717, 1.165) is 32.5 Å². The molecular formula is C14H30N2O. The molecule has 0 aromatic carbocycles. The Morgan fingerprint density at radius 3 is 2.35 bits per heavy atom. The highest BCUT2D eigenvalue weighted by Gasteiger charge is 2.30. The minimum Gasteiger partial charge on any atom is -0.389 e. The fraction of sp³-hybridized carbons (Fsp3) is 1.00. The molecule has 1 rings (SSSR count). The van der Waals surface area contributed by atoms with Gasteiger partial charge in [0.2, 0.25) is 0 Å². The van der Waals surface area contributed by atoms with Gasteiger partial charge in [-0.1, -0.05) is 20.8 Å². The van der Waals surface area contributed by atoms with E-state index >= 15 is 0 Å². The zero-order valence-electron chi connectivity index (χ0n) is 12.1. The number of likely N-dealkylation sites (N-methyl/N-ethyl adjacent to an activating group) is 1. The topological polar surface area (TPSA) is 26.7 Å². The Labute approximate surface area is 107 Å². The van der Waals surface area contributed by atoms with Gasteiger partial charge >= 0.3 is 0 Å². The highest BCUT2D eigenvalue weighted by atomic mass is 16.3. The molecule has 0 spiro atoms. The van der Waals surface area contributed by atoms with Crippen molar-refractivity contribution in [2.75, 3.05) is 33.2 Å². The van der Waals surface area contributed by atoms with Crippen molar-refractivity contribution < 1.29 is 5.11 Å². The summed E-state index contributed by atoms with van der Waals surface area (Å²) in [5.74, 6) is 0. The summed E-state index contributed by atoms with van der Waals surface area (Å²) >= 11 is 0. The summed E-state index contributed by atoms with van der Waals surface area (Å²) in [7, 11) is 2.21. The molecule has 1 heterocycles. The van der Waals surface area contributed by atoms with E-state index in [1.165, 1.54) is 19.4 Å². The van der Waals surface area contributed by atoms with E-state index in [-0.39, 0.29) is 0 Å². The van der Waals surface area contributed by atoms with Crippen molar-refractivity contribution in [2.24, 2.45) is 0 Å². The minimum atomic E-state index is -0.490. The van der Waals surface area contributed by atoms with E-state index < -0.39 is 5.60 Å². The molecule has 0 bridgehead atoms. The van der Waals surface area contributed by atoms with Crippen molar-refractivity contribution >= 4 is 0 Å². The van der Waals surface area contributed by atoms with Crippen LogP contribution in [-0.2, 0) is 0 Å². The molecule has 0 saturated carbocycles. The molecule has 1 aliphatic heterocycles. The number of aliphatic hydroxyl groups is 1. The largest absolute Gasteiger partial charge is 0.389 e. The lowest BCUT2D eigenvalue weighted by molar-refractivity contribution is -0.0148. The maximum absolute atomic E-state index is 10.5. The smallest absolute Gasteiger partial charge is 0.0769 e. The predicted molar refractivity (Wildman–Crippen MR) is 73.3 cm³/mol. The monoisotopic (exact) mass is 242 g/mol. The van der Waals surface area contributed by atoms with E-state index in [1.54, 1.807) is 0 Å². The van der Waals surface area contributed by atoms with Gasteiger partial charge < -0.3 is 10.0 Å². The van der Waals surface area contributed by atoms with Crippen LogP contribution in [-0.4, -0.2) is 59.8 Å². The summed E-state index contributed by atoms with van der Waals surface area (Å²) in [6.07, 6.45) is 4.10. The highest BCUT2D eigenvalue weighted by Crippen LogP contribution is 2.20. The fourth-order valence-electron chi connectivity index (χ4n) is 2.74. The lowest BCUT2D eigenvalue weighted by Crippen LogP contribution is -2.48. The van der Waals surface area contributed by atoms with Crippen molar-refractivity contribution in [3.63, 3.8) is 0 Å². The lowest BCUT2D eigenvalue weighted by Gasteiger charge is -2.37. The summed E-state index contributed by atoms with van der Waals surface area (Å²) in [4.78, 5) is 4.93. The molecule has 0 aliphatic carbocycles. The molecule has 1 fully saturated rings. The quantitative estimate of drug-likeness (QED) is 0.798. The van der Waals surface area contributed by atoms with Crippen LogP contribution in [0.2, 0.25) is 0 Å². The zero-order valence-corrected chi connectivity index (χ0v) is 12.1. The molecule has 3 heteroatoms. The molecule has 3 nitrogen and oxygen atoms in total. The number of β-amino-alcohol motifs (C(OH)–C–C–N with tert-alkyl or cyclic N) is 1. The molecule has 102 valence electrons. The van der Waals surface area contributed by atoms with Gasteiger partial charge in [0.15, 0.2) is 0 Å². The second-order valence-corrected chi connectivity index (χ2v) is 5.58. The van der Waals surface area contributed by atoms with Crippen LogP contribution >= 0.6 is 0 Å². The summed E-state index contributed by atoms with van der Waals surface area (Å²) in [5, 5.41) is 10.5. The highest BCUT2D eigenvalue weighted by molar-refractivity contribution is 4.85. The van der Waals surface area contributed by atoms with Crippen LogP contribution in [0.4, 0.5) is 0 Å². The van der Waals surface area contributed by atoms with E-state index in [2.05, 4.69) is 37.6 Å². The number of rotatable bonds is 5. The van der Waals surface area contributed by atoms with Crippen LogP contribution in [0.5, 0.6) is 0 Å². The number of hydrogen-bond acceptors (Lipinski definition) is 3. The van der Waals surface area contributed by atoms with Gasteiger partial charge in [-0.05, 0) is 45.8 Å². The molecule has 17 heavy (non-hydrogen) atoms. The van der Waals surface area contributed by atoms with Crippen molar-refractivity contribution in [3.8, 4) is 0 Å². The minimum absolute atomic E-state index is 0.490. The third-order valence-corrected chi connectivity index (χ3v) is 4.31.